The minimum atomic E-state index is 0.882. The lowest BCUT2D eigenvalue weighted by Gasteiger charge is -2.31. The predicted molar refractivity (Wildman–Crippen MR) is 155 cm³/mol. The van der Waals surface area contributed by atoms with Crippen molar-refractivity contribution in [3.05, 3.63) is 140 Å². The van der Waals surface area contributed by atoms with Crippen LogP contribution < -0.4 is 9.64 Å². The summed E-state index contributed by atoms with van der Waals surface area (Å²) in [4.78, 5) is 4.60. The normalized spacial score (nSPS) is 11.9. The molecule has 3 heteroatoms. The van der Waals surface area contributed by atoms with Crippen LogP contribution in [0.25, 0.3) is 21.9 Å². The molecule has 0 unspecified atom stereocenters. The molecule has 6 aromatic carbocycles. The Balaban J connectivity index is 1.42. The third kappa shape index (κ3) is 3.94. The van der Waals surface area contributed by atoms with E-state index in [1.165, 1.54) is 21.9 Å². The molecule has 0 saturated heterocycles. The lowest BCUT2D eigenvalue weighted by Crippen LogP contribution is -2.12. The molecule has 0 amide bonds. The number of para-hydroxylation sites is 1. The predicted octanol–water partition coefficient (Wildman–Crippen LogP) is 10.2. The van der Waals surface area contributed by atoms with Crippen molar-refractivity contribution in [3.8, 4) is 22.6 Å². The topological polar surface area (TPSA) is 12.5 Å². The van der Waals surface area contributed by atoms with Gasteiger partial charge in [-0.25, -0.2) is 0 Å². The summed E-state index contributed by atoms with van der Waals surface area (Å²) in [5, 5.41) is 2.42. The van der Waals surface area contributed by atoms with E-state index in [1.54, 1.807) is 11.8 Å². The largest absolute Gasteiger partial charge is 0.455 e. The number of rotatable bonds is 4. The molecule has 0 fully saturated rings. The second-order valence-corrected chi connectivity index (χ2v) is 10.1. The molecule has 0 aliphatic carbocycles. The summed E-state index contributed by atoms with van der Waals surface area (Å²) < 4.78 is 6.36. The van der Waals surface area contributed by atoms with E-state index in [9.17, 15) is 0 Å². The zero-order valence-electron chi connectivity index (χ0n) is 20.0. The number of benzene rings is 6. The Bertz CT molecular complexity index is 1720. The van der Waals surface area contributed by atoms with Crippen LogP contribution in [-0.4, -0.2) is 0 Å². The highest BCUT2D eigenvalue weighted by atomic mass is 32.2. The van der Waals surface area contributed by atoms with Crippen LogP contribution in [0.2, 0.25) is 0 Å². The van der Waals surface area contributed by atoms with E-state index < -0.39 is 0 Å². The number of hydrogen-bond donors (Lipinski definition) is 0. The average Bonchev–Trinajstić information content (AvgIpc) is 2.97. The van der Waals surface area contributed by atoms with Gasteiger partial charge in [0.25, 0.3) is 0 Å². The average molecular weight is 494 g/mol. The van der Waals surface area contributed by atoms with Crippen LogP contribution in [0, 0.1) is 0 Å². The summed E-state index contributed by atoms with van der Waals surface area (Å²) in [5.41, 5.74) is 5.75. The number of nitrogens with zero attached hydrogens (tertiary/aromatic N) is 1. The van der Waals surface area contributed by atoms with Gasteiger partial charge in [-0.2, -0.15) is 0 Å². The maximum atomic E-state index is 6.36. The minimum Gasteiger partial charge on any atom is -0.455 e. The Kier molecular flexibility index (Phi) is 5.41. The van der Waals surface area contributed by atoms with Gasteiger partial charge in [0.15, 0.2) is 0 Å². The highest BCUT2D eigenvalue weighted by Crippen LogP contribution is 2.53. The highest BCUT2D eigenvalue weighted by molar-refractivity contribution is 7.99. The van der Waals surface area contributed by atoms with Gasteiger partial charge < -0.3 is 9.64 Å². The lowest BCUT2D eigenvalue weighted by atomic mass is 10.0. The van der Waals surface area contributed by atoms with E-state index in [-0.39, 0.29) is 0 Å². The summed E-state index contributed by atoms with van der Waals surface area (Å²) in [6.45, 7) is 0. The summed E-state index contributed by atoms with van der Waals surface area (Å²) >= 11 is 1.77. The molecule has 2 nitrogen and oxygen atoms in total. The highest BCUT2D eigenvalue weighted by Gasteiger charge is 2.25. The molecule has 0 saturated carbocycles. The van der Waals surface area contributed by atoms with Crippen LogP contribution in [0.3, 0.4) is 0 Å². The quantitative estimate of drug-likeness (QED) is 0.242. The fourth-order valence-electron chi connectivity index (χ4n) is 4.96. The summed E-state index contributed by atoms with van der Waals surface area (Å²) in [6, 6.07) is 49.0. The van der Waals surface area contributed by atoms with Gasteiger partial charge in [-0.3, -0.25) is 0 Å². The van der Waals surface area contributed by atoms with E-state index >= 15 is 0 Å². The van der Waals surface area contributed by atoms with Crippen molar-refractivity contribution in [2.75, 3.05) is 4.90 Å². The molecule has 0 radical (unpaired) electrons. The molecule has 176 valence electrons. The van der Waals surface area contributed by atoms with Gasteiger partial charge in [-0.15, -0.1) is 0 Å². The first-order chi connectivity index (χ1) is 18.3. The van der Waals surface area contributed by atoms with Crippen LogP contribution in [0.5, 0.6) is 11.5 Å². The molecule has 1 heterocycles. The summed E-state index contributed by atoms with van der Waals surface area (Å²) in [7, 11) is 0. The third-order valence-electron chi connectivity index (χ3n) is 6.72. The molecule has 7 rings (SSSR count). The lowest BCUT2D eigenvalue weighted by molar-refractivity contribution is 0.455. The fraction of sp³-hybridized carbons (Fsp3) is 0. The first kappa shape index (κ1) is 21.8. The van der Waals surface area contributed by atoms with Crippen molar-refractivity contribution < 1.29 is 4.74 Å². The number of ether oxygens (including phenoxy) is 1. The zero-order valence-corrected chi connectivity index (χ0v) is 20.9. The van der Waals surface area contributed by atoms with E-state index in [0.29, 0.717) is 0 Å². The van der Waals surface area contributed by atoms with Crippen molar-refractivity contribution in [2.24, 2.45) is 0 Å². The second kappa shape index (κ2) is 9.20. The van der Waals surface area contributed by atoms with E-state index in [1.807, 2.05) is 12.1 Å². The maximum absolute atomic E-state index is 6.36. The van der Waals surface area contributed by atoms with Gasteiger partial charge in [0.2, 0.25) is 0 Å². The molecule has 37 heavy (non-hydrogen) atoms. The Morgan fingerprint density at radius 1 is 0.486 bits per heavy atom. The molecule has 0 atom stereocenters. The van der Waals surface area contributed by atoms with Crippen LogP contribution in [0.1, 0.15) is 0 Å². The Hall–Kier alpha value is -4.47. The van der Waals surface area contributed by atoms with Gasteiger partial charge in [-0.05, 0) is 59.0 Å². The molecule has 6 aromatic rings. The molecule has 0 bridgehead atoms. The van der Waals surface area contributed by atoms with Gasteiger partial charge >= 0.3 is 0 Å². The van der Waals surface area contributed by atoms with Crippen molar-refractivity contribution >= 4 is 39.6 Å². The monoisotopic (exact) mass is 493 g/mol. The van der Waals surface area contributed by atoms with Gasteiger partial charge in [-0.1, -0.05) is 109 Å². The van der Waals surface area contributed by atoms with Gasteiger partial charge in [0.1, 0.15) is 11.5 Å². The number of anilines is 3. The van der Waals surface area contributed by atoms with E-state index in [2.05, 4.69) is 132 Å². The van der Waals surface area contributed by atoms with Gasteiger partial charge in [0, 0.05) is 11.1 Å². The van der Waals surface area contributed by atoms with E-state index in [0.717, 1.165) is 38.4 Å². The molecule has 0 aromatic heterocycles. The molecule has 0 N–H and O–H groups in total. The number of hydrogen-bond acceptors (Lipinski definition) is 3. The first-order valence-electron chi connectivity index (χ1n) is 12.4. The Morgan fingerprint density at radius 2 is 1.14 bits per heavy atom. The molecular formula is C34H23NOS. The molecule has 1 aliphatic rings. The fourth-order valence-corrected chi connectivity index (χ4v) is 6.01. The zero-order chi connectivity index (χ0) is 24.6. The van der Waals surface area contributed by atoms with Crippen LogP contribution in [0.4, 0.5) is 17.1 Å². The smallest absolute Gasteiger partial charge is 0.143 e. The minimum absolute atomic E-state index is 0.882. The number of fused-ring (bicyclic) bond motifs is 3. The molecular weight excluding hydrogens is 470 g/mol. The van der Waals surface area contributed by atoms with Crippen molar-refractivity contribution in [1.29, 1.82) is 0 Å². The van der Waals surface area contributed by atoms with Gasteiger partial charge in [0.05, 0.1) is 21.2 Å². The SMILES string of the molecule is c1ccc(-c2ccc(N(c3cccc4c3Sc3ccccc3O4)c3cccc4ccccc34)cc2)cc1. The Morgan fingerprint density at radius 3 is 2.03 bits per heavy atom. The summed E-state index contributed by atoms with van der Waals surface area (Å²) in [5.74, 6) is 1.79. The van der Waals surface area contributed by atoms with Crippen molar-refractivity contribution in [3.63, 3.8) is 0 Å². The third-order valence-corrected chi connectivity index (χ3v) is 7.89. The summed E-state index contributed by atoms with van der Waals surface area (Å²) in [6.07, 6.45) is 0. The maximum Gasteiger partial charge on any atom is 0.143 e. The van der Waals surface area contributed by atoms with Crippen LogP contribution in [-0.2, 0) is 0 Å². The van der Waals surface area contributed by atoms with E-state index in [4.69, 9.17) is 4.74 Å². The van der Waals surface area contributed by atoms with Crippen molar-refractivity contribution in [2.45, 2.75) is 9.79 Å². The molecule has 0 spiro atoms. The van der Waals surface area contributed by atoms with Crippen LogP contribution >= 0.6 is 11.8 Å². The Labute approximate surface area is 220 Å². The van der Waals surface area contributed by atoms with Crippen LogP contribution in [0.15, 0.2) is 149 Å². The standard InChI is InChI=1S/C34H23NOS/c1-2-10-24(11-3-1)25-20-22-27(23-21-25)35(29-15-8-13-26-12-4-5-14-28(26)29)30-16-9-18-32-34(30)37-33-19-7-6-17-31(33)36-32/h1-23H. The molecule has 1 aliphatic heterocycles. The van der Waals surface area contributed by atoms with Crippen molar-refractivity contribution in [1.82, 2.24) is 0 Å². The second-order valence-electron chi connectivity index (χ2n) is 9.00. The first-order valence-corrected chi connectivity index (χ1v) is 13.2.